The lowest BCUT2D eigenvalue weighted by Crippen LogP contribution is -2.47. The Morgan fingerprint density at radius 3 is 2.39 bits per heavy atom. The molecule has 1 aromatic rings. The molecule has 1 aliphatic heterocycles. The highest BCUT2D eigenvalue weighted by atomic mass is 32.2. The number of hydrogen-bond donors (Lipinski definition) is 0. The van der Waals surface area contributed by atoms with Crippen LogP contribution < -0.4 is 0 Å². The van der Waals surface area contributed by atoms with Crippen molar-refractivity contribution in [3.63, 3.8) is 0 Å². The number of aromatic nitrogens is 1. The number of carbonyl (C=O) groups excluding carboxylic acids is 1. The van der Waals surface area contributed by atoms with Crippen molar-refractivity contribution in [3.05, 3.63) is 15.6 Å². The number of ether oxygens (including phenoxy) is 1. The molecule has 6 nitrogen and oxygen atoms in total. The van der Waals surface area contributed by atoms with Gasteiger partial charge in [-0.15, -0.1) is 11.3 Å². The Labute approximate surface area is 175 Å². The Bertz CT molecular complexity index is 782. The summed E-state index contributed by atoms with van der Waals surface area (Å²) in [5, 5.41) is 1.01. The van der Waals surface area contributed by atoms with Gasteiger partial charge in [0.05, 0.1) is 15.6 Å². The highest BCUT2D eigenvalue weighted by molar-refractivity contribution is 7.91. The predicted octanol–water partition coefficient (Wildman–Crippen LogP) is 4.28. The van der Waals surface area contributed by atoms with Crippen LogP contribution in [-0.2, 0) is 22.5 Å². The van der Waals surface area contributed by atoms with Crippen LogP contribution in [0.2, 0.25) is 0 Å². The topological polar surface area (TPSA) is 77.9 Å². The number of hydrogen-bond acceptors (Lipinski definition) is 6. The monoisotopic (exact) mass is 425 g/mol. The van der Waals surface area contributed by atoms with Crippen molar-refractivity contribution in [1.29, 1.82) is 0 Å². The average Bonchev–Trinajstić information content (AvgIpc) is 3.00. The third kappa shape index (κ3) is 4.39. The summed E-state index contributed by atoms with van der Waals surface area (Å²) >= 11 is 0.316. The first-order valence-corrected chi connectivity index (χ1v) is 11.7. The molecule has 1 amide bonds. The Balaban J connectivity index is 1.84. The van der Waals surface area contributed by atoms with E-state index in [1.807, 2.05) is 48.5 Å². The Hall–Kier alpha value is -1.12. The maximum atomic E-state index is 12.8. The average molecular weight is 426 g/mol. The van der Waals surface area contributed by atoms with E-state index in [0.29, 0.717) is 13.1 Å². The minimum atomic E-state index is -1.32. The van der Waals surface area contributed by atoms with E-state index >= 15 is 0 Å². The van der Waals surface area contributed by atoms with Crippen LogP contribution in [-0.4, -0.2) is 49.7 Å². The van der Waals surface area contributed by atoms with Gasteiger partial charge in [-0.25, -0.2) is 9.78 Å². The molecular weight excluding hydrogens is 394 g/mol. The minimum absolute atomic E-state index is 0.179. The molecule has 2 heterocycles. The number of rotatable bonds is 1. The van der Waals surface area contributed by atoms with E-state index in [-0.39, 0.29) is 11.5 Å². The molecule has 0 radical (unpaired) electrons. The third-order valence-electron chi connectivity index (χ3n) is 5.10. The summed E-state index contributed by atoms with van der Waals surface area (Å²) in [6, 6.07) is 0. The van der Waals surface area contributed by atoms with Crippen molar-refractivity contribution in [2.45, 2.75) is 78.1 Å². The Morgan fingerprint density at radius 1 is 1.25 bits per heavy atom. The van der Waals surface area contributed by atoms with Gasteiger partial charge in [0.2, 0.25) is 0 Å². The number of aryl methyl sites for hydroxylation is 1. The second-order valence-electron chi connectivity index (χ2n) is 9.73. The van der Waals surface area contributed by atoms with Gasteiger partial charge in [0.15, 0.2) is 0 Å². The molecule has 1 aliphatic carbocycles. The van der Waals surface area contributed by atoms with Crippen molar-refractivity contribution in [1.82, 2.24) is 9.88 Å². The van der Waals surface area contributed by atoms with Crippen molar-refractivity contribution in [2.75, 3.05) is 13.1 Å². The van der Waals surface area contributed by atoms with Crippen LogP contribution in [0, 0.1) is 12.3 Å². The summed E-state index contributed by atoms with van der Waals surface area (Å²) in [6.07, 6.45) is 2.12. The highest BCUT2D eigenvalue weighted by Crippen LogP contribution is 2.47. The first-order valence-electron chi connectivity index (χ1n) is 9.77. The van der Waals surface area contributed by atoms with E-state index in [1.54, 1.807) is 16.2 Å². The zero-order valence-corrected chi connectivity index (χ0v) is 19.6. The lowest BCUT2D eigenvalue weighted by Gasteiger charge is -2.39. The van der Waals surface area contributed by atoms with Crippen LogP contribution in [0.25, 0.3) is 0 Å². The van der Waals surface area contributed by atoms with Crippen molar-refractivity contribution in [2.24, 2.45) is 9.81 Å². The summed E-state index contributed by atoms with van der Waals surface area (Å²) in [6.45, 7) is 14.7. The van der Waals surface area contributed by atoms with Gasteiger partial charge in [-0.05, 0) is 61.3 Å². The number of likely N-dealkylation sites (tertiary alicyclic amines) is 1. The van der Waals surface area contributed by atoms with Crippen LogP contribution >= 0.6 is 11.3 Å². The first-order chi connectivity index (χ1) is 12.8. The second kappa shape index (κ2) is 7.29. The third-order valence-corrected chi connectivity index (χ3v) is 7.51. The Kier molecular flexibility index (Phi) is 5.62. The molecule has 0 N–H and O–H groups in total. The van der Waals surface area contributed by atoms with Gasteiger partial charge in [-0.3, -0.25) is 0 Å². The smallest absolute Gasteiger partial charge is 0.410 e. The number of thiazole rings is 1. The number of amides is 1. The quantitative estimate of drug-likeness (QED) is 0.629. The van der Waals surface area contributed by atoms with Gasteiger partial charge in [0.1, 0.15) is 27.4 Å². The summed E-state index contributed by atoms with van der Waals surface area (Å²) in [5.41, 5.74) is 1.32. The lowest BCUT2D eigenvalue weighted by molar-refractivity contribution is 0.0159. The van der Waals surface area contributed by atoms with E-state index in [9.17, 15) is 9.35 Å². The van der Waals surface area contributed by atoms with E-state index < -0.39 is 21.7 Å². The van der Waals surface area contributed by atoms with Crippen molar-refractivity contribution in [3.8, 4) is 0 Å². The summed E-state index contributed by atoms with van der Waals surface area (Å²) in [5.74, 6) is 0. The molecule has 0 saturated carbocycles. The fraction of sp³-hybridized carbons (Fsp3) is 0.750. The van der Waals surface area contributed by atoms with Gasteiger partial charge in [0.25, 0.3) is 0 Å². The number of carbonyl (C=O) groups is 1. The number of piperidine rings is 1. The zero-order chi connectivity index (χ0) is 20.9. The standard InChI is InChI=1S/C20H31N3O3S2/c1-13-21-14-12-20(16(15(14)27-13)22-28(25)19(5,6)7)8-10-23(11-9-20)17(24)26-18(2,3)4/h8-12H2,1-7H3/t28-/m1/s1. The van der Waals surface area contributed by atoms with Crippen LogP contribution in [0.4, 0.5) is 4.79 Å². The molecule has 8 heteroatoms. The lowest BCUT2D eigenvalue weighted by atomic mass is 9.75. The molecule has 1 fully saturated rings. The molecule has 0 aromatic carbocycles. The van der Waals surface area contributed by atoms with E-state index in [0.717, 1.165) is 40.6 Å². The largest absolute Gasteiger partial charge is 0.591 e. The fourth-order valence-corrected chi connectivity index (χ4v) is 5.46. The van der Waals surface area contributed by atoms with Crippen LogP contribution in [0.15, 0.2) is 4.40 Å². The van der Waals surface area contributed by atoms with Crippen LogP contribution in [0.1, 0.15) is 70.0 Å². The molecule has 1 atom stereocenters. The van der Waals surface area contributed by atoms with E-state index in [1.165, 1.54) is 0 Å². The zero-order valence-electron chi connectivity index (χ0n) is 17.9. The summed E-state index contributed by atoms with van der Waals surface area (Å²) in [7, 11) is 0. The molecule has 156 valence electrons. The fourth-order valence-electron chi connectivity index (χ4n) is 3.64. The minimum Gasteiger partial charge on any atom is -0.591 e. The van der Waals surface area contributed by atoms with Crippen LogP contribution in [0.5, 0.6) is 0 Å². The molecule has 3 rings (SSSR count). The molecule has 1 aromatic heterocycles. The van der Waals surface area contributed by atoms with Gasteiger partial charge in [-0.1, -0.05) is 4.40 Å². The van der Waals surface area contributed by atoms with E-state index in [4.69, 9.17) is 14.1 Å². The molecule has 0 unspecified atom stereocenters. The van der Waals surface area contributed by atoms with Crippen molar-refractivity contribution >= 4 is 34.5 Å². The maximum absolute atomic E-state index is 12.8. The van der Waals surface area contributed by atoms with E-state index in [2.05, 4.69) is 0 Å². The van der Waals surface area contributed by atoms with Gasteiger partial charge < -0.3 is 14.2 Å². The SMILES string of the molecule is Cc1nc2c(s1)C(=N[S@+]([O-])C(C)(C)C)C1(CCN(C(=O)OC(C)(C)C)CC1)C2. The molecule has 0 bridgehead atoms. The predicted molar refractivity (Wildman–Crippen MR) is 114 cm³/mol. The molecule has 1 saturated heterocycles. The molecular formula is C20H31N3O3S2. The molecule has 1 spiro atoms. The maximum Gasteiger partial charge on any atom is 0.410 e. The molecule has 2 aliphatic rings. The summed E-state index contributed by atoms with van der Waals surface area (Å²) in [4.78, 5) is 20.0. The van der Waals surface area contributed by atoms with Gasteiger partial charge in [-0.2, -0.15) is 0 Å². The first kappa shape index (κ1) is 21.6. The highest BCUT2D eigenvalue weighted by Gasteiger charge is 2.50. The Morgan fingerprint density at radius 2 is 1.86 bits per heavy atom. The second-order valence-corrected chi connectivity index (χ2v) is 12.8. The normalized spacial score (nSPS) is 21.9. The van der Waals surface area contributed by atoms with Gasteiger partial charge in [0, 0.05) is 24.9 Å². The van der Waals surface area contributed by atoms with Crippen molar-refractivity contribution < 1.29 is 14.1 Å². The van der Waals surface area contributed by atoms with Gasteiger partial charge >= 0.3 is 6.09 Å². The number of nitrogens with zero attached hydrogens (tertiary/aromatic N) is 3. The van der Waals surface area contributed by atoms with Crippen LogP contribution in [0.3, 0.4) is 0 Å². The molecule has 28 heavy (non-hydrogen) atoms. The number of fused-ring (bicyclic) bond motifs is 1. The summed E-state index contributed by atoms with van der Waals surface area (Å²) < 4.78 is 22.7.